The molecule has 3 aromatic carbocycles. The third-order valence-corrected chi connectivity index (χ3v) is 9.05. The fourth-order valence-electron chi connectivity index (χ4n) is 7.10. The molecule has 2 aliphatic rings. The lowest BCUT2D eigenvalue weighted by Crippen LogP contribution is -2.63. The van der Waals surface area contributed by atoms with E-state index in [2.05, 4.69) is 16.2 Å². The van der Waals surface area contributed by atoms with Crippen LogP contribution in [0.3, 0.4) is 0 Å². The number of hydrogen-bond acceptors (Lipinski definition) is 7. The molecule has 1 N–H and O–H groups in total. The zero-order chi connectivity index (χ0) is 31.1. The molecule has 1 fully saturated rings. The maximum absolute atomic E-state index is 13.6. The van der Waals surface area contributed by atoms with E-state index in [0.29, 0.717) is 39.4 Å². The number of aromatic nitrogens is 4. The first kappa shape index (κ1) is 26.9. The number of nitrogens with zero attached hydrogens (tertiary/aromatic N) is 6. The van der Waals surface area contributed by atoms with Gasteiger partial charge in [0.15, 0.2) is 11.3 Å². The van der Waals surface area contributed by atoms with Crippen molar-refractivity contribution >= 4 is 28.5 Å². The van der Waals surface area contributed by atoms with Crippen LogP contribution in [-0.4, -0.2) is 47.0 Å². The van der Waals surface area contributed by atoms with Crippen LogP contribution in [0.2, 0.25) is 0 Å². The average molecular weight is 591 g/mol. The van der Waals surface area contributed by atoms with Gasteiger partial charge in [0.05, 0.1) is 33.7 Å². The SMILES string of the molecule is Cc1nn2c(ncc3cc(-c4ccccc4)c(-c4ccc([C@]5(N6C(=O)c7ccccc7C6=O)C[C@](C)(O)C5)cc4)nc32)c1C#N. The number of carbonyl (C=O) groups is 2. The number of amides is 2. The molecule has 3 aromatic heterocycles. The van der Waals surface area contributed by atoms with Gasteiger partial charge in [-0.15, -0.1) is 0 Å². The molecule has 0 atom stereocenters. The van der Waals surface area contributed by atoms with Crippen LogP contribution in [0, 0.1) is 18.3 Å². The van der Waals surface area contributed by atoms with Gasteiger partial charge >= 0.3 is 0 Å². The molecule has 0 bridgehead atoms. The minimum absolute atomic E-state index is 0.235. The number of aliphatic hydroxyl groups is 1. The zero-order valence-electron chi connectivity index (χ0n) is 24.5. The molecule has 8 rings (SSSR count). The molecule has 2 amide bonds. The number of nitriles is 1. The molecule has 1 saturated carbocycles. The molecule has 4 heterocycles. The Labute approximate surface area is 258 Å². The highest BCUT2D eigenvalue weighted by Crippen LogP contribution is 2.54. The minimum atomic E-state index is -1.02. The lowest BCUT2D eigenvalue weighted by molar-refractivity contribution is -0.118. The zero-order valence-corrected chi connectivity index (χ0v) is 24.5. The van der Waals surface area contributed by atoms with Crippen molar-refractivity contribution in [3.8, 4) is 28.5 Å². The third-order valence-electron chi connectivity index (χ3n) is 9.05. The summed E-state index contributed by atoms with van der Waals surface area (Å²) in [6.45, 7) is 3.51. The van der Waals surface area contributed by atoms with E-state index in [1.165, 1.54) is 4.90 Å². The van der Waals surface area contributed by atoms with E-state index in [1.54, 1.807) is 48.8 Å². The molecule has 6 aromatic rings. The summed E-state index contributed by atoms with van der Waals surface area (Å²) in [5.74, 6) is -0.691. The van der Waals surface area contributed by atoms with Crippen molar-refractivity contribution in [3.63, 3.8) is 0 Å². The summed E-state index contributed by atoms with van der Waals surface area (Å²) in [6.07, 6.45) is 2.19. The first-order valence-corrected chi connectivity index (χ1v) is 14.7. The van der Waals surface area contributed by atoms with Gasteiger partial charge in [0.1, 0.15) is 11.6 Å². The quantitative estimate of drug-likeness (QED) is 0.256. The van der Waals surface area contributed by atoms with Crippen molar-refractivity contribution in [1.82, 2.24) is 24.5 Å². The number of imide groups is 1. The van der Waals surface area contributed by atoms with Gasteiger partial charge in [-0.1, -0.05) is 66.7 Å². The van der Waals surface area contributed by atoms with Crippen molar-refractivity contribution in [3.05, 3.63) is 119 Å². The second-order valence-electron chi connectivity index (χ2n) is 12.2. The summed E-state index contributed by atoms with van der Waals surface area (Å²) in [5, 5.41) is 25.9. The molecule has 1 aliphatic carbocycles. The Hall–Kier alpha value is -5.72. The van der Waals surface area contributed by atoms with Gasteiger partial charge in [-0.05, 0) is 43.2 Å². The molecule has 9 heteroatoms. The molecule has 1 aliphatic heterocycles. The van der Waals surface area contributed by atoms with Crippen molar-refractivity contribution in [2.45, 2.75) is 37.8 Å². The second-order valence-corrected chi connectivity index (χ2v) is 12.2. The van der Waals surface area contributed by atoms with Crippen LogP contribution >= 0.6 is 0 Å². The molecular weight excluding hydrogens is 564 g/mol. The van der Waals surface area contributed by atoms with Crippen LogP contribution < -0.4 is 0 Å². The average Bonchev–Trinajstić information content (AvgIpc) is 3.51. The van der Waals surface area contributed by atoms with Crippen LogP contribution in [0.4, 0.5) is 0 Å². The molecule has 9 nitrogen and oxygen atoms in total. The summed E-state index contributed by atoms with van der Waals surface area (Å²) < 4.78 is 1.61. The normalized spacial score (nSPS) is 20.8. The molecular formula is C36H26N6O3. The Bertz CT molecular complexity index is 2220. The standard InChI is InChI=1S/C36H26N6O3/c1-21-29(17-37)32-38-18-24-16-28(22-8-4-3-5-9-22)30(39-31(24)42(32)40-21)23-12-14-25(15-13-23)36(19-35(2,45)20-36)41-33(43)26-10-6-7-11-27(26)34(41)44/h3-16,18,45H,19-20H2,1-2H3/t35-,36-. The highest BCUT2D eigenvalue weighted by Gasteiger charge is 2.60. The molecule has 218 valence electrons. The summed E-state index contributed by atoms with van der Waals surface area (Å²) in [5.41, 5.74) is 4.92. The smallest absolute Gasteiger partial charge is 0.262 e. The first-order valence-electron chi connectivity index (χ1n) is 14.7. The Kier molecular flexibility index (Phi) is 5.61. The number of benzene rings is 3. The summed E-state index contributed by atoms with van der Waals surface area (Å²) in [7, 11) is 0. The van der Waals surface area contributed by atoms with Gasteiger partial charge in [0, 0.05) is 35.6 Å². The van der Waals surface area contributed by atoms with Gasteiger partial charge in [0.2, 0.25) is 0 Å². The Morgan fingerprint density at radius 3 is 2.11 bits per heavy atom. The lowest BCUT2D eigenvalue weighted by atomic mass is 9.61. The fourth-order valence-corrected chi connectivity index (χ4v) is 7.10. The number of aryl methyl sites for hydroxylation is 1. The first-order chi connectivity index (χ1) is 21.7. The molecule has 45 heavy (non-hydrogen) atoms. The van der Waals surface area contributed by atoms with Gasteiger partial charge < -0.3 is 5.11 Å². The summed E-state index contributed by atoms with van der Waals surface area (Å²) in [6, 6.07) is 28.7. The van der Waals surface area contributed by atoms with E-state index in [1.807, 2.05) is 60.7 Å². The van der Waals surface area contributed by atoms with Gasteiger partial charge in [-0.3, -0.25) is 14.5 Å². The van der Waals surface area contributed by atoms with Gasteiger partial charge in [-0.2, -0.15) is 14.9 Å². The number of hydrogen-bond donors (Lipinski definition) is 1. The van der Waals surface area contributed by atoms with Crippen molar-refractivity contribution in [2.75, 3.05) is 0 Å². The van der Waals surface area contributed by atoms with Crippen molar-refractivity contribution < 1.29 is 14.7 Å². The van der Waals surface area contributed by atoms with E-state index in [-0.39, 0.29) is 24.7 Å². The predicted octanol–water partition coefficient (Wildman–Crippen LogP) is 5.83. The maximum Gasteiger partial charge on any atom is 0.262 e. The van der Waals surface area contributed by atoms with Crippen LogP contribution in [0.1, 0.15) is 57.3 Å². The minimum Gasteiger partial charge on any atom is -0.390 e. The highest BCUT2D eigenvalue weighted by atomic mass is 16.3. The molecule has 0 unspecified atom stereocenters. The van der Waals surface area contributed by atoms with Crippen molar-refractivity contribution in [2.24, 2.45) is 0 Å². The van der Waals surface area contributed by atoms with Crippen molar-refractivity contribution in [1.29, 1.82) is 5.26 Å². The van der Waals surface area contributed by atoms with E-state index < -0.39 is 11.1 Å². The van der Waals surface area contributed by atoms with Crippen LogP contribution in [0.25, 0.3) is 39.1 Å². The summed E-state index contributed by atoms with van der Waals surface area (Å²) in [4.78, 5) is 38.1. The second kappa shape index (κ2) is 9.39. The Morgan fingerprint density at radius 2 is 1.49 bits per heavy atom. The van der Waals surface area contributed by atoms with Gasteiger partial charge in [0.25, 0.3) is 11.8 Å². The van der Waals surface area contributed by atoms with Crippen LogP contribution in [0.5, 0.6) is 0 Å². The number of carbonyl (C=O) groups excluding carboxylic acids is 2. The van der Waals surface area contributed by atoms with E-state index in [9.17, 15) is 20.0 Å². The van der Waals surface area contributed by atoms with Crippen LogP contribution in [-0.2, 0) is 5.54 Å². The van der Waals surface area contributed by atoms with E-state index >= 15 is 0 Å². The third kappa shape index (κ3) is 3.86. The fraction of sp³-hybridized carbons (Fsp3) is 0.167. The van der Waals surface area contributed by atoms with E-state index in [0.717, 1.165) is 27.6 Å². The number of rotatable bonds is 4. The molecule has 0 spiro atoms. The predicted molar refractivity (Wildman–Crippen MR) is 167 cm³/mol. The topological polar surface area (TPSA) is 124 Å². The molecule has 0 saturated heterocycles. The largest absolute Gasteiger partial charge is 0.390 e. The molecule has 0 radical (unpaired) electrons. The Morgan fingerprint density at radius 1 is 0.844 bits per heavy atom. The monoisotopic (exact) mass is 590 g/mol. The van der Waals surface area contributed by atoms with Gasteiger partial charge in [-0.25, -0.2) is 9.97 Å². The Balaban J connectivity index is 1.28. The van der Waals surface area contributed by atoms with Crippen LogP contribution in [0.15, 0.2) is 91.1 Å². The summed E-state index contributed by atoms with van der Waals surface area (Å²) >= 11 is 0. The highest BCUT2D eigenvalue weighted by molar-refractivity contribution is 6.22. The lowest BCUT2D eigenvalue weighted by Gasteiger charge is -2.55. The number of pyridine rings is 1. The maximum atomic E-state index is 13.6. The van der Waals surface area contributed by atoms with E-state index in [4.69, 9.17) is 4.98 Å². The number of fused-ring (bicyclic) bond motifs is 4.